The van der Waals surface area contributed by atoms with E-state index in [9.17, 15) is 9.59 Å². The van der Waals surface area contributed by atoms with Gasteiger partial charge in [0.05, 0.1) is 23.0 Å². The molecule has 0 atom stereocenters. The monoisotopic (exact) mass is 764 g/mol. The lowest BCUT2D eigenvalue weighted by Crippen LogP contribution is -2.58. The highest BCUT2D eigenvalue weighted by molar-refractivity contribution is 6.09. The Hall–Kier alpha value is -4.19. The number of nitrogens with zero attached hydrogens (tertiary/aromatic N) is 7. The molecule has 3 aromatic rings. The minimum Gasteiger partial charge on any atom is -0.444 e. The molecular formula is C44H60N8O4. The van der Waals surface area contributed by atoms with E-state index in [-0.39, 0.29) is 35.9 Å². The van der Waals surface area contributed by atoms with E-state index in [1.807, 2.05) is 32.0 Å². The number of imidazole rings is 1. The number of hydrogen-bond acceptors (Lipinski definition) is 8. The fourth-order valence-corrected chi connectivity index (χ4v) is 10.1. The molecule has 2 saturated carbocycles. The molecule has 2 aliphatic carbocycles. The van der Waals surface area contributed by atoms with Crippen molar-refractivity contribution in [1.82, 2.24) is 29.2 Å². The van der Waals surface area contributed by atoms with E-state index in [1.165, 1.54) is 19.3 Å². The maximum atomic E-state index is 15.0. The average molecular weight is 765 g/mol. The molecule has 3 saturated heterocycles. The lowest BCUT2D eigenvalue weighted by molar-refractivity contribution is -0.140. The van der Waals surface area contributed by atoms with Crippen LogP contribution >= 0.6 is 0 Å². The number of likely N-dealkylation sites (tertiary alicyclic amines) is 3. The molecule has 12 nitrogen and oxygen atoms in total. The molecule has 1 spiro atoms. The van der Waals surface area contributed by atoms with Crippen LogP contribution in [0.5, 0.6) is 0 Å². The number of carbonyl (C=O) groups excluding carboxylic acids is 3. The van der Waals surface area contributed by atoms with Crippen LogP contribution in [-0.4, -0.2) is 110 Å². The van der Waals surface area contributed by atoms with Gasteiger partial charge in [-0.1, -0.05) is 18.6 Å². The molecule has 0 unspecified atom stereocenters. The first kappa shape index (κ1) is 37.4. The summed E-state index contributed by atoms with van der Waals surface area (Å²) in [6.45, 7) is 14.4. The summed E-state index contributed by atoms with van der Waals surface area (Å²) < 4.78 is 7.78. The van der Waals surface area contributed by atoms with Crippen LogP contribution in [0.1, 0.15) is 117 Å². The Kier molecular flexibility index (Phi) is 9.56. The summed E-state index contributed by atoms with van der Waals surface area (Å²) in [6.07, 6.45) is 12.3. The molecule has 6 aliphatic rings. The van der Waals surface area contributed by atoms with Crippen LogP contribution in [-0.2, 0) is 19.7 Å². The van der Waals surface area contributed by atoms with Gasteiger partial charge in [0.2, 0.25) is 11.8 Å². The van der Waals surface area contributed by atoms with Gasteiger partial charge >= 0.3 is 6.09 Å². The summed E-state index contributed by atoms with van der Waals surface area (Å²) >= 11 is 0. The largest absolute Gasteiger partial charge is 0.444 e. The molecule has 2 aromatic heterocycles. The number of amides is 3. The van der Waals surface area contributed by atoms with E-state index in [2.05, 4.69) is 57.8 Å². The standard InChI is InChI=1S/C44H60N8O4/c1-28(2)51-27-45-36-26-35(47-39(38(36)51)46-31-10-11-31)30-9-12-34-37(23-30)52(33-24-32(25-33)48-17-7-6-8-18-48)41(54)44(34)15-21-49(22-16-44)40(53)29-13-19-50(20-14-29)42(55)56-43(3,4)5/h9,12,23,26-29,31-33H,6-8,10-11,13-22,24-25H2,1-5H3,(H,46,47)/t32-,33+. The number of pyridine rings is 1. The zero-order chi connectivity index (χ0) is 38.9. The lowest BCUT2D eigenvalue weighted by atomic mass is 9.73. The number of nitrogens with one attached hydrogen (secondary N) is 1. The van der Waals surface area contributed by atoms with Gasteiger partial charge in [-0.3, -0.25) is 9.59 Å². The van der Waals surface area contributed by atoms with E-state index >= 15 is 4.79 Å². The summed E-state index contributed by atoms with van der Waals surface area (Å²) in [5.41, 5.74) is 4.76. The van der Waals surface area contributed by atoms with Crippen LogP contribution in [0.3, 0.4) is 0 Å². The highest BCUT2D eigenvalue weighted by atomic mass is 16.6. The average Bonchev–Trinajstić information content (AvgIpc) is 3.83. The van der Waals surface area contributed by atoms with Crippen molar-refractivity contribution >= 4 is 40.4 Å². The predicted molar refractivity (Wildman–Crippen MR) is 218 cm³/mol. The van der Waals surface area contributed by atoms with Crippen molar-refractivity contribution in [3.63, 3.8) is 0 Å². The number of carbonyl (C=O) groups is 3. The fourth-order valence-electron chi connectivity index (χ4n) is 10.1. The van der Waals surface area contributed by atoms with Crippen molar-refractivity contribution in [2.75, 3.05) is 49.5 Å². The third-order valence-corrected chi connectivity index (χ3v) is 13.5. The molecule has 6 heterocycles. The molecule has 0 radical (unpaired) electrons. The predicted octanol–water partition coefficient (Wildman–Crippen LogP) is 7.12. The summed E-state index contributed by atoms with van der Waals surface area (Å²) in [5.74, 6) is 1.12. The Labute approximate surface area is 331 Å². The van der Waals surface area contributed by atoms with Crippen LogP contribution in [0, 0.1) is 5.92 Å². The lowest BCUT2D eigenvalue weighted by Gasteiger charge is -2.48. The first-order valence-electron chi connectivity index (χ1n) is 21.5. The van der Waals surface area contributed by atoms with Crippen LogP contribution in [0.15, 0.2) is 30.6 Å². The molecule has 3 amide bonds. The number of anilines is 2. The highest BCUT2D eigenvalue weighted by Gasteiger charge is 2.56. The van der Waals surface area contributed by atoms with Gasteiger partial charge in [-0.05, 0) is 130 Å². The third-order valence-electron chi connectivity index (χ3n) is 13.5. The molecule has 1 N–H and O–H groups in total. The smallest absolute Gasteiger partial charge is 0.410 e. The first-order chi connectivity index (χ1) is 26.9. The van der Waals surface area contributed by atoms with Gasteiger partial charge in [-0.25, -0.2) is 14.8 Å². The second-order valence-corrected chi connectivity index (χ2v) is 18.8. The molecule has 0 bridgehead atoms. The second kappa shape index (κ2) is 14.3. The summed E-state index contributed by atoms with van der Waals surface area (Å²) in [5, 5.41) is 3.69. The van der Waals surface area contributed by atoms with Crippen molar-refractivity contribution in [2.45, 2.75) is 140 Å². The number of hydrogen-bond donors (Lipinski definition) is 1. The zero-order valence-corrected chi connectivity index (χ0v) is 34.1. The molecule has 5 fully saturated rings. The Balaban J connectivity index is 0.972. The maximum absolute atomic E-state index is 15.0. The number of ether oxygens (including phenoxy) is 1. The van der Waals surface area contributed by atoms with Gasteiger partial charge in [0, 0.05) is 67.5 Å². The second-order valence-electron chi connectivity index (χ2n) is 18.8. The van der Waals surface area contributed by atoms with Crippen molar-refractivity contribution in [2.24, 2.45) is 5.92 Å². The van der Waals surface area contributed by atoms with Crippen molar-refractivity contribution < 1.29 is 19.1 Å². The topological polar surface area (TPSA) is 116 Å². The molecule has 12 heteroatoms. The van der Waals surface area contributed by atoms with Gasteiger partial charge in [-0.2, -0.15) is 0 Å². The van der Waals surface area contributed by atoms with Gasteiger partial charge < -0.3 is 34.2 Å². The number of aromatic nitrogens is 3. The minimum atomic E-state index is -0.646. The van der Waals surface area contributed by atoms with Crippen LogP contribution < -0.4 is 10.2 Å². The van der Waals surface area contributed by atoms with Crippen LogP contribution in [0.25, 0.3) is 22.3 Å². The van der Waals surface area contributed by atoms with E-state index in [0.717, 1.165) is 78.1 Å². The summed E-state index contributed by atoms with van der Waals surface area (Å²) in [7, 11) is 0. The third kappa shape index (κ3) is 6.83. The van der Waals surface area contributed by atoms with Gasteiger partial charge in [0.1, 0.15) is 11.1 Å². The summed E-state index contributed by atoms with van der Waals surface area (Å²) in [6, 6.07) is 10.1. The number of benzene rings is 1. The van der Waals surface area contributed by atoms with E-state index in [0.29, 0.717) is 63.9 Å². The van der Waals surface area contributed by atoms with Crippen molar-refractivity contribution in [3.05, 3.63) is 36.2 Å². The van der Waals surface area contributed by atoms with Gasteiger partial charge in [-0.15, -0.1) is 0 Å². The quantitative estimate of drug-likeness (QED) is 0.271. The maximum Gasteiger partial charge on any atom is 0.410 e. The number of fused-ring (bicyclic) bond motifs is 3. The van der Waals surface area contributed by atoms with Crippen molar-refractivity contribution in [1.29, 1.82) is 0 Å². The fraction of sp³-hybridized carbons (Fsp3) is 0.659. The minimum absolute atomic E-state index is 0.119. The Morgan fingerprint density at radius 1 is 0.893 bits per heavy atom. The van der Waals surface area contributed by atoms with E-state index in [1.54, 1.807) is 4.90 Å². The SMILES string of the molecule is CC(C)n1cnc2cc(-c3ccc4c(c3)N([C@H]3C[C@@H](N5CCCCC5)C3)C(=O)C43CCN(C(=O)C4CCN(C(=O)OC(C)(C)C)CC4)CC3)nc(NC3CC3)c21. The molecule has 1 aromatic carbocycles. The van der Waals surface area contributed by atoms with E-state index < -0.39 is 11.0 Å². The van der Waals surface area contributed by atoms with E-state index in [4.69, 9.17) is 14.7 Å². The van der Waals surface area contributed by atoms with Gasteiger partial charge in [0.15, 0.2) is 5.82 Å². The normalized spacial score (nSPS) is 24.5. The molecule has 9 rings (SSSR count). The Morgan fingerprint density at radius 3 is 2.27 bits per heavy atom. The molecule has 4 aliphatic heterocycles. The first-order valence-corrected chi connectivity index (χ1v) is 21.5. The van der Waals surface area contributed by atoms with Crippen LogP contribution in [0.2, 0.25) is 0 Å². The Bertz CT molecular complexity index is 1990. The number of rotatable bonds is 7. The highest BCUT2D eigenvalue weighted by Crippen LogP contribution is 2.52. The van der Waals surface area contributed by atoms with Crippen molar-refractivity contribution in [3.8, 4) is 11.3 Å². The summed E-state index contributed by atoms with van der Waals surface area (Å²) in [4.78, 5) is 60.2. The molecule has 56 heavy (non-hydrogen) atoms. The molecule has 300 valence electrons. The van der Waals surface area contributed by atoms with Crippen LogP contribution in [0.4, 0.5) is 16.3 Å². The Morgan fingerprint density at radius 2 is 1.61 bits per heavy atom. The molecular weight excluding hydrogens is 705 g/mol. The number of piperidine rings is 3. The zero-order valence-electron chi connectivity index (χ0n) is 34.1. The van der Waals surface area contributed by atoms with Gasteiger partial charge in [0.25, 0.3) is 0 Å².